The van der Waals surface area contributed by atoms with E-state index in [1.54, 1.807) is 0 Å². The molecule has 1 N–H and O–H groups in total. The van der Waals surface area contributed by atoms with Crippen LogP contribution in [0.2, 0.25) is 5.02 Å². The minimum absolute atomic E-state index is 0.0696. The van der Waals surface area contributed by atoms with E-state index in [9.17, 15) is 13.2 Å². The molecule has 2 aliphatic heterocycles. The van der Waals surface area contributed by atoms with E-state index in [0.717, 1.165) is 38.5 Å². The molecule has 28 heavy (non-hydrogen) atoms. The van der Waals surface area contributed by atoms with E-state index in [1.165, 1.54) is 24.5 Å². The topological polar surface area (TPSA) is 50.3 Å². The monoisotopic (exact) mass is 412 g/mol. The normalized spacial score (nSPS) is 22.3. The summed E-state index contributed by atoms with van der Waals surface area (Å²) in [4.78, 5) is 9.96. The number of nitrogens with zero attached hydrogens (tertiary/aromatic N) is 3. The molecule has 1 fully saturated rings. The van der Waals surface area contributed by atoms with E-state index in [4.69, 9.17) is 16.3 Å². The summed E-state index contributed by atoms with van der Waals surface area (Å²) in [6.45, 7) is 2.13. The average molecular weight is 413 g/mol. The Morgan fingerprint density at radius 1 is 1.18 bits per heavy atom. The molecule has 0 saturated carbocycles. The fourth-order valence-corrected chi connectivity index (χ4v) is 4.10. The summed E-state index contributed by atoms with van der Waals surface area (Å²) in [6.07, 6.45) is 0.921. The molecule has 3 heterocycles. The first-order valence-corrected chi connectivity index (χ1v) is 9.60. The second kappa shape index (κ2) is 7.50. The predicted molar refractivity (Wildman–Crippen MR) is 99.8 cm³/mol. The molecular weight excluding hydrogens is 393 g/mol. The number of halogens is 4. The van der Waals surface area contributed by atoms with Gasteiger partial charge >= 0.3 is 6.18 Å². The third-order valence-corrected chi connectivity index (χ3v) is 5.51. The maximum absolute atomic E-state index is 14.6. The van der Waals surface area contributed by atoms with Crippen molar-refractivity contribution in [3.05, 3.63) is 46.9 Å². The van der Waals surface area contributed by atoms with Gasteiger partial charge in [0.2, 0.25) is 5.60 Å². The van der Waals surface area contributed by atoms with Crippen LogP contribution in [0.4, 0.5) is 24.7 Å². The second-order valence-electron chi connectivity index (χ2n) is 7.03. The van der Waals surface area contributed by atoms with Crippen molar-refractivity contribution in [3.63, 3.8) is 0 Å². The maximum atomic E-state index is 14.6. The molecule has 1 unspecified atom stereocenters. The molecule has 2 aromatic rings. The van der Waals surface area contributed by atoms with E-state index in [-0.39, 0.29) is 34.3 Å². The molecule has 9 heteroatoms. The van der Waals surface area contributed by atoms with E-state index < -0.39 is 11.8 Å². The molecule has 150 valence electrons. The number of ether oxygens (including phenoxy) is 1. The summed E-state index contributed by atoms with van der Waals surface area (Å²) in [6, 6.07) is 4.35. The molecule has 1 saturated heterocycles. The largest absolute Gasteiger partial charge is 0.426 e. The van der Waals surface area contributed by atoms with Crippen LogP contribution in [0.25, 0.3) is 0 Å². The minimum atomic E-state index is -4.73. The number of anilines is 2. The van der Waals surface area contributed by atoms with Crippen molar-refractivity contribution in [1.29, 1.82) is 0 Å². The summed E-state index contributed by atoms with van der Waals surface area (Å²) in [5, 5.41) is 3.14. The Morgan fingerprint density at radius 3 is 2.71 bits per heavy atom. The molecule has 5 nitrogen and oxygen atoms in total. The van der Waals surface area contributed by atoms with Crippen LogP contribution in [0.1, 0.15) is 30.4 Å². The highest BCUT2D eigenvalue weighted by atomic mass is 35.5. The lowest BCUT2D eigenvalue weighted by atomic mass is 9.82. The Bertz CT molecular complexity index is 857. The van der Waals surface area contributed by atoms with Gasteiger partial charge < -0.3 is 15.0 Å². The highest BCUT2D eigenvalue weighted by Gasteiger charge is 2.62. The summed E-state index contributed by atoms with van der Waals surface area (Å²) in [5.41, 5.74) is -2.64. The van der Waals surface area contributed by atoms with Crippen LogP contribution in [0.15, 0.2) is 30.7 Å². The number of rotatable bonds is 4. The van der Waals surface area contributed by atoms with Gasteiger partial charge in [0.05, 0.1) is 12.2 Å². The second-order valence-corrected chi connectivity index (χ2v) is 7.47. The Hall–Kier alpha value is -1.90. The summed E-state index contributed by atoms with van der Waals surface area (Å²) < 4.78 is 49.5. The van der Waals surface area contributed by atoms with Crippen molar-refractivity contribution in [2.24, 2.45) is 0 Å². The summed E-state index contributed by atoms with van der Waals surface area (Å²) >= 11 is 6.05. The average Bonchev–Trinajstić information content (AvgIpc) is 2.67. The van der Waals surface area contributed by atoms with Crippen LogP contribution in [-0.4, -0.2) is 47.3 Å². The number of hydrogen-bond acceptors (Lipinski definition) is 5. The molecule has 1 atom stereocenters. The Balaban J connectivity index is 1.75. The Kier molecular flexibility index (Phi) is 5.20. The molecule has 2 aliphatic rings. The fourth-order valence-electron chi connectivity index (χ4n) is 3.93. The van der Waals surface area contributed by atoms with Gasteiger partial charge in [0.15, 0.2) is 0 Å². The van der Waals surface area contributed by atoms with E-state index in [2.05, 4.69) is 20.2 Å². The number of piperidine rings is 1. The fraction of sp³-hybridized carbons (Fsp3) is 0.474. The number of benzene rings is 1. The highest BCUT2D eigenvalue weighted by Crippen LogP contribution is 2.54. The first-order valence-electron chi connectivity index (χ1n) is 9.22. The lowest BCUT2D eigenvalue weighted by molar-refractivity contribution is -0.267. The molecule has 0 spiro atoms. The lowest BCUT2D eigenvalue weighted by Crippen LogP contribution is -2.49. The first-order chi connectivity index (χ1) is 13.4. The van der Waals surface area contributed by atoms with Gasteiger partial charge in [0.1, 0.15) is 12.1 Å². The van der Waals surface area contributed by atoms with Crippen molar-refractivity contribution in [2.45, 2.75) is 31.0 Å². The SMILES string of the molecule is FC(F)(F)C1(OCCN2CCCCC2)c2cc(Cl)ccc2Nc2ncncc21. The predicted octanol–water partition coefficient (Wildman–Crippen LogP) is 4.50. The summed E-state index contributed by atoms with van der Waals surface area (Å²) in [5.74, 6) is 0.0834. The van der Waals surface area contributed by atoms with Crippen molar-refractivity contribution >= 4 is 23.1 Å². The first kappa shape index (κ1) is 19.4. The van der Waals surface area contributed by atoms with Crippen molar-refractivity contribution in [2.75, 3.05) is 31.6 Å². The van der Waals surface area contributed by atoms with Crippen molar-refractivity contribution in [3.8, 4) is 0 Å². The third-order valence-electron chi connectivity index (χ3n) is 5.28. The molecule has 0 radical (unpaired) electrons. The standard InChI is InChI=1S/C19H20ClF3N4O/c20-13-4-5-16-14(10-13)18(19(21,22)23,15-11-24-12-25-17(15)26-16)28-9-8-27-6-2-1-3-7-27/h4-5,10-12H,1-3,6-9H2,(H,24,25,26). The number of nitrogens with one attached hydrogen (secondary N) is 1. The van der Waals surface area contributed by atoms with Gasteiger partial charge in [-0.1, -0.05) is 18.0 Å². The van der Waals surface area contributed by atoms with Crippen LogP contribution in [0.3, 0.4) is 0 Å². The number of hydrogen-bond donors (Lipinski definition) is 1. The van der Waals surface area contributed by atoms with Crippen LogP contribution < -0.4 is 5.32 Å². The van der Waals surface area contributed by atoms with Crippen LogP contribution in [0, 0.1) is 0 Å². The lowest BCUT2D eigenvalue weighted by Gasteiger charge is -2.41. The molecule has 0 aliphatic carbocycles. The molecule has 1 aromatic carbocycles. The van der Waals surface area contributed by atoms with Crippen molar-refractivity contribution in [1.82, 2.24) is 14.9 Å². The van der Waals surface area contributed by atoms with Crippen LogP contribution in [-0.2, 0) is 10.3 Å². The van der Waals surface area contributed by atoms with Crippen molar-refractivity contribution < 1.29 is 17.9 Å². The number of alkyl halides is 3. The van der Waals surface area contributed by atoms with Gasteiger partial charge in [0, 0.05) is 29.0 Å². The zero-order valence-electron chi connectivity index (χ0n) is 15.1. The number of fused-ring (bicyclic) bond motifs is 2. The van der Waals surface area contributed by atoms with Gasteiger partial charge in [-0.3, -0.25) is 0 Å². The third kappa shape index (κ3) is 3.33. The molecule has 0 amide bonds. The van der Waals surface area contributed by atoms with Gasteiger partial charge in [-0.15, -0.1) is 0 Å². The van der Waals surface area contributed by atoms with Gasteiger partial charge in [-0.05, 0) is 44.1 Å². The Labute approximate surface area is 165 Å². The van der Waals surface area contributed by atoms with E-state index in [0.29, 0.717) is 6.54 Å². The van der Waals surface area contributed by atoms with Crippen LogP contribution >= 0.6 is 11.6 Å². The quantitative estimate of drug-likeness (QED) is 0.801. The highest BCUT2D eigenvalue weighted by molar-refractivity contribution is 6.30. The Morgan fingerprint density at radius 2 is 1.96 bits per heavy atom. The van der Waals surface area contributed by atoms with Gasteiger partial charge in [-0.2, -0.15) is 13.2 Å². The maximum Gasteiger partial charge on any atom is 0.426 e. The molecule has 0 bridgehead atoms. The molecular formula is C19H20ClF3N4O. The molecule has 1 aromatic heterocycles. The zero-order valence-corrected chi connectivity index (χ0v) is 15.9. The summed E-state index contributed by atoms with van der Waals surface area (Å²) in [7, 11) is 0. The minimum Gasteiger partial charge on any atom is -0.355 e. The molecule has 4 rings (SSSR count). The van der Waals surface area contributed by atoms with Crippen LogP contribution in [0.5, 0.6) is 0 Å². The smallest absolute Gasteiger partial charge is 0.355 e. The zero-order chi connectivity index (χ0) is 19.8. The number of likely N-dealkylation sites (tertiary alicyclic amines) is 1. The van der Waals surface area contributed by atoms with E-state index >= 15 is 0 Å². The number of aromatic nitrogens is 2. The van der Waals surface area contributed by atoms with Gasteiger partial charge in [0.25, 0.3) is 0 Å². The van der Waals surface area contributed by atoms with Gasteiger partial charge in [-0.25, -0.2) is 9.97 Å². The van der Waals surface area contributed by atoms with E-state index in [1.807, 2.05) is 0 Å².